The number of nitrogens with zero attached hydrogens (tertiary/aromatic N) is 1. The van der Waals surface area contributed by atoms with E-state index in [4.69, 9.17) is 11.5 Å². The fourth-order valence-electron chi connectivity index (χ4n) is 0.772. The van der Waals surface area contributed by atoms with E-state index in [2.05, 4.69) is 17.1 Å². The van der Waals surface area contributed by atoms with E-state index in [0.29, 0.717) is 6.54 Å². The molecule has 0 spiro atoms. The fourth-order valence-corrected chi connectivity index (χ4v) is 1.26. The zero-order valence-electron chi connectivity index (χ0n) is 6.50. The summed E-state index contributed by atoms with van der Waals surface area (Å²) in [6.45, 7) is 0.564. The van der Waals surface area contributed by atoms with E-state index >= 15 is 0 Å². The summed E-state index contributed by atoms with van der Waals surface area (Å²) in [5.74, 6) is 0.138. The van der Waals surface area contributed by atoms with Gasteiger partial charge in [-0.3, -0.25) is 0 Å². The molecule has 0 fully saturated rings. The number of guanidine groups is 1. The fraction of sp³-hybridized carbons (Fsp3) is 0.125. The zero-order chi connectivity index (χ0) is 8.97. The van der Waals surface area contributed by atoms with Crippen molar-refractivity contribution in [1.29, 1.82) is 0 Å². The molecule has 0 aliphatic heterocycles. The molecule has 0 aromatic heterocycles. The topological polar surface area (TPSA) is 64.4 Å². The van der Waals surface area contributed by atoms with Crippen molar-refractivity contribution in [3.63, 3.8) is 0 Å². The molecule has 4 heteroatoms. The van der Waals surface area contributed by atoms with Crippen molar-refractivity contribution in [3.05, 3.63) is 29.8 Å². The van der Waals surface area contributed by atoms with E-state index in [-0.39, 0.29) is 5.96 Å². The second kappa shape index (κ2) is 4.41. The molecular formula is C8H10AtN3. The number of nitrogens with two attached hydrogens (primary N) is 2. The van der Waals surface area contributed by atoms with Crippen LogP contribution in [-0.4, -0.2) is 5.96 Å². The average Bonchev–Trinajstić information content (AvgIpc) is 2.03. The van der Waals surface area contributed by atoms with Crippen molar-refractivity contribution >= 4 is 9.23 Å². The molecule has 0 saturated heterocycles. The Morgan fingerprint density at radius 1 is 1.25 bits per heavy atom. The van der Waals surface area contributed by atoms with Crippen LogP contribution in [0.5, 0.6) is 0 Å². The van der Waals surface area contributed by atoms with E-state index in [1.54, 1.807) is 24.7 Å². The van der Waals surface area contributed by atoms with Crippen LogP contribution in [0.25, 0.3) is 0 Å². The van der Waals surface area contributed by atoms with Gasteiger partial charge in [-0.05, 0) is 0 Å². The van der Waals surface area contributed by atoms with Gasteiger partial charge in [-0.2, -0.15) is 0 Å². The van der Waals surface area contributed by atoms with Gasteiger partial charge in [-0.25, -0.2) is 0 Å². The molecule has 3 nitrogen and oxygen atoms in total. The Bertz CT molecular complexity index is 275. The SMILES string of the molecule is NC(N)=NCc1ccc([At])cc1. The van der Waals surface area contributed by atoms with Gasteiger partial charge in [-0.1, -0.05) is 0 Å². The summed E-state index contributed by atoms with van der Waals surface area (Å²) in [5, 5.41) is 0. The average molecular weight is 358 g/mol. The molecule has 0 bridgehead atoms. The Morgan fingerprint density at radius 3 is 2.33 bits per heavy atom. The Kier molecular flexibility index (Phi) is 3.48. The van der Waals surface area contributed by atoms with Crippen molar-refractivity contribution in [2.45, 2.75) is 6.54 Å². The van der Waals surface area contributed by atoms with Gasteiger partial charge in [0.1, 0.15) is 0 Å². The monoisotopic (exact) mass is 358 g/mol. The molecule has 0 heterocycles. The number of rotatable bonds is 2. The number of hydrogen-bond donors (Lipinski definition) is 2. The third kappa shape index (κ3) is 3.18. The third-order valence-electron chi connectivity index (χ3n) is 1.36. The molecule has 0 radical (unpaired) electrons. The van der Waals surface area contributed by atoms with Gasteiger partial charge in [0.25, 0.3) is 0 Å². The van der Waals surface area contributed by atoms with Crippen LogP contribution in [0, 0.1) is 24.7 Å². The van der Waals surface area contributed by atoms with Gasteiger partial charge in [0.2, 0.25) is 0 Å². The maximum absolute atomic E-state index is 5.20. The van der Waals surface area contributed by atoms with Crippen LogP contribution in [0.2, 0.25) is 0 Å². The van der Waals surface area contributed by atoms with Crippen LogP contribution >= 0.6 is 0 Å². The molecule has 0 atom stereocenters. The summed E-state index contributed by atoms with van der Waals surface area (Å²) < 4.78 is 1.29. The van der Waals surface area contributed by atoms with Crippen LogP contribution in [0.3, 0.4) is 0 Å². The quantitative estimate of drug-likeness (QED) is 0.560. The van der Waals surface area contributed by atoms with Crippen molar-refractivity contribution in [2.75, 3.05) is 0 Å². The molecule has 0 amide bonds. The Balaban J connectivity index is 2.65. The molecule has 0 unspecified atom stereocenters. The Labute approximate surface area is 86.7 Å². The van der Waals surface area contributed by atoms with E-state index in [1.165, 1.54) is 3.27 Å². The minimum absolute atomic E-state index is 0.138. The second-order valence-corrected chi connectivity index (χ2v) is 4.06. The first-order chi connectivity index (χ1) is 5.68. The Morgan fingerprint density at radius 2 is 1.83 bits per heavy atom. The Hall–Kier alpha value is -0.627. The van der Waals surface area contributed by atoms with E-state index in [1.807, 2.05) is 12.1 Å². The normalized spacial score (nSPS) is 9.42. The minimum atomic E-state index is 0.138. The summed E-state index contributed by atoms with van der Waals surface area (Å²) in [7, 11) is 0. The van der Waals surface area contributed by atoms with Gasteiger partial charge < -0.3 is 0 Å². The predicted molar refractivity (Wildman–Crippen MR) is 45.6 cm³/mol. The second-order valence-electron chi connectivity index (χ2n) is 2.37. The van der Waals surface area contributed by atoms with Crippen LogP contribution in [0.4, 0.5) is 0 Å². The molecule has 0 aliphatic carbocycles. The summed E-state index contributed by atoms with van der Waals surface area (Å²) in [6.07, 6.45) is 0. The summed E-state index contributed by atoms with van der Waals surface area (Å²) in [4.78, 5) is 3.90. The molecule has 1 aromatic carbocycles. The van der Waals surface area contributed by atoms with Crippen molar-refractivity contribution in [2.24, 2.45) is 16.5 Å². The molecular weight excluding hydrogens is 348 g/mol. The maximum atomic E-state index is 5.20. The molecule has 0 aliphatic rings. The van der Waals surface area contributed by atoms with E-state index < -0.39 is 0 Å². The molecule has 12 heavy (non-hydrogen) atoms. The van der Waals surface area contributed by atoms with Crippen molar-refractivity contribution in [1.82, 2.24) is 0 Å². The van der Waals surface area contributed by atoms with Crippen LogP contribution < -0.4 is 14.7 Å². The van der Waals surface area contributed by atoms with Gasteiger partial charge in [0.15, 0.2) is 0 Å². The van der Waals surface area contributed by atoms with Gasteiger partial charge in [-0.15, -0.1) is 0 Å². The number of hydrogen-bond acceptors (Lipinski definition) is 1. The van der Waals surface area contributed by atoms with Crippen LogP contribution in [0.1, 0.15) is 5.56 Å². The van der Waals surface area contributed by atoms with E-state index in [9.17, 15) is 0 Å². The molecule has 0 saturated carbocycles. The molecule has 1 aromatic rings. The van der Waals surface area contributed by atoms with Gasteiger partial charge in [0.05, 0.1) is 0 Å². The molecule has 1 rings (SSSR count). The third-order valence-corrected chi connectivity index (χ3v) is 2.34. The number of aliphatic imine (C=N–C) groups is 1. The summed E-state index contributed by atoms with van der Waals surface area (Å²) >= 11 is 1.66. The van der Waals surface area contributed by atoms with Gasteiger partial charge >= 0.3 is 86.8 Å². The van der Waals surface area contributed by atoms with Crippen LogP contribution in [-0.2, 0) is 6.54 Å². The van der Waals surface area contributed by atoms with Crippen molar-refractivity contribution in [3.8, 4) is 0 Å². The first-order valence-corrected chi connectivity index (χ1v) is 4.95. The predicted octanol–water partition coefficient (Wildman–Crippen LogP) is -0.365. The van der Waals surface area contributed by atoms with Crippen molar-refractivity contribution < 1.29 is 24.7 Å². The summed E-state index contributed by atoms with van der Waals surface area (Å²) in [6, 6.07) is 8.19. The first kappa shape index (κ1) is 9.46. The molecule has 4 N–H and O–H groups in total. The molecule has 64 valence electrons. The first-order valence-electron chi connectivity index (χ1n) is 3.48. The summed E-state index contributed by atoms with van der Waals surface area (Å²) in [5.41, 5.74) is 11.5. The van der Waals surface area contributed by atoms with Gasteiger partial charge in [0, 0.05) is 0 Å². The zero-order valence-corrected chi connectivity index (χ0v) is 9.44. The number of benzene rings is 1. The standard InChI is InChI=1S/C8H10AtN3/c9-7-3-1-6(2-4-7)5-12-8(10)11/h1-4H,5H2,(H4,10,11,12). The van der Waals surface area contributed by atoms with E-state index in [0.717, 1.165) is 5.56 Å². The van der Waals surface area contributed by atoms with Crippen LogP contribution in [0.15, 0.2) is 29.3 Å².